The van der Waals surface area contributed by atoms with E-state index in [9.17, 15) is 13.2 Å². The van der Waals surface area contributed by atoms with Gasteiger partial charge in [0.2, 0.25) is 5.13 Å². The molecule has 1 aromatic heterocycles. The molecule has 0 atom stereocenters. The van der Waals surface area contributed by atoms with Crippen molar-refractivity contribution >= 4 is 34.3 Å². The maximum Gasteiger partial charge on any atom is 0.416 e. The van der Waals surface area contributed by atoms with Crippen molar-refractivity contribution in [3.8, 4) is 0 Å². The Hall–Kier alpha value is -1.60. The van der Waals surface area contributed by atoms with Crippen molar-refractivity contribution in [1.29, 1.82) is 0 Å². The summed E-state index contributed by atoms with van der Waals surface area (Å²) >= 11 is 7.34. The van der Waals surface area contributed by atoms with Crippen LogP contribution < -0.4 is 5.43 Å². The standard InChI is InChI=1S/C13H11ClF3N3S/c1-7-6-21-12(19-7)20-18-5-9-3-4-10(13(15,16)17)8(2)11(9)14/h3-6H,1-2H3,(H,19,20). The first-order valence-electron chi connectivity index (χ1n) is 5.86. The van der Waals surface area contributed by atoms with Crippen molar-refractivity contribution in [2.24, 2.45) is 5.10 Å². The minimum absolute atomic E-state index is 0.0155. The second-order valence-electron chi connectivity index (χ2n) is 4.30. The van der Waals surface area contributed by atoms with E-state index in [2.05, 4.69) is 15.5 Å². The summed E-state index contributed by atoms with van der Waals surface area (Å²) in [5.41, 5.74) is 3.21. The number of alkyl halides is 3. The fraction of sp³-hybridized carbons (Fsp3) is 0.231. The van der Waals surface area contributed by atoms with Crippen molar-refractivity contribution in [3.63, 3.8) is 0 Å². The van der Waals surface area contributed by atoms with Gasteiger partial charge in [0.15, 0.2) is 0 Å². The predicted molar refractivity (Wildman–Crippen MR) is 79.3 cm³/mol. The molecule has 8 heteroatoms. The van der Waals surface area contributed by atoms with Crippen molar-refractivity contribution in [2.75, 3.05) is 5.43 Å². The van der Waals surface area contributed by atoms with E-state index >= 15 is 0 Å². The Bertz CT molecular complexity index is 680. The van der Waals surface area contributed by atoms with E-state index in [1.54, 1.807) is 0 Å². The molecule has 2 rings (SSSR count). The molecule has 3 nitrogen and oxygen atoms in total. The SMILES string of the molecule is Cc1csc(NN=Cc2ccc(C(F)(F)F)c(C)c2Cl)n1. The minimum atomic E-state index is -4.42. The fourth-order valence-corrected chi connectivity index (χ4v) is 2.53. The number of hydrazone groups is 1. The van der Waals surface area contributed by atoms with Crippen LogP contribution in [-0.2, 0) is 6.18 Å². The molecule has 1 aromatic carbocycles. The van der Waals surface area contributed by atoms with E-state index in [1.807, 2.05) is 12.3 Å². The number of hydrogen-bond acceptors (Lipinski definition) is 4. The number of benzene rings is 1. The highest BCUT2D eigenvalue weighted by atomic mass is 35.5. The van der Waals surface area contributed by atoms with Gasteiger partial charge >= 0.3 is 6.18 Å². The number of rotatable bonds is 3. The van der Waals surface area contributed by atoms with Crippen LogP contribution in [0.25, 0.3) is 0 Å². The molecule has 1 heterocycles. The molecule has 0 unspecified atom stereocenters. The summed E-state index contributed by atoms with van der Waals surface area (Å²) in [5.74, 6) is 0. The number of hydrogen-bond donors (Lipinski definition) is 1. The lowest BCUT2D eigenvalue weighted by Crippen LogP contribution is -2.08. The van der Waals surface area contributed by atoms with E-state index in [1.165, 1.54) is 30.5 Å². The minimum Gasteiger partial charge on any atom is -0.253 e. The number of nitrogens with one attached hydrogen (secondary N) is 1. The lowest BCUT2D eigenvalue weighted by molar-refractivity contribution is -0.138. The molecular formula is C13H11ClF3N3S. The number of halogens is 4. The number of aromatic nitrogens is 1. The zero-order chi connectivity index (χ0) is 15.6. The van der Waals surface area contributed by atoms with Crippen LogP contribution in [0.15, 0.2) is 22.6 Å². The molecular weight excluding hydrogens is 323 g/mol. The number of nitrogens with zero attached hydrogens (tertiary/aromatic N) is 2. The normalized spacial score (nSPS) is 12.1. The molecule has 0 saturated carbocycles. The second-order valence-corrected chi connectivity index (χ2v) is 5.54. The van der Waals surface area contributed by atoms with Crippen LogP contribution in [0.4, 0.5) is 18.3 Å². The third-order valence-electron chi connectivity index (χ3n) is 2.70. The first-order chi connectivity index (χ1) is 9.79. The molecule has 0 aliphatic heterocycles. The molecule has 0 saturated heterocycles. The van der Waals surface area contributed by atoms with Crippen LogP contribution in [0.1, 0.15) is 22.4 Å². The molecule has 0 spiro atoms. The van der Waals surface area contributed by atoms with E-state index in [-0.39, 0.29) is 10.6 Å². The second kappa shape index (κ2) is 6.03. The van der Waals surface area contributed by atoms with Crippen LogP contribution in [0, 0.1) is 13.8 Å². The average Bonchev–Trinajstić information content (AvgIpc) is 2.79. The average molecular weight is 334 g/mol. The molecule has 1 N–H and O–H groups in total. The Morgan fingerprint density at radius 2 is 2.05 bits per heavy atom. The largest absolute Gasteiger partial charge is 0.416 e. The molecule has 21 heavy (non-hydrogen) atoms. The Labute approximate surface area is 128 Å². The first kappa shape index (κ1) is 15.8. The van der Waals surface area contributed by atoms with Crippen molar-refractivity contribution in [1.82, 2.24) is 4.98 Å². The lowest BCUT2D eigenvalue weighted by atomic mass is 10.1. The predicted octanol–water partition coefficient (Wildman–Crippen LogP) is 4.88. The molecule has 0 amide bonds. The van der Waals surface area contributed by atoms with Crippen molar-refractivity contribution in [3.05, 3.63) is 44.9 Å². The van der Waals surface area contributed by atoms with Crippen LogP contribution in [0.2, 0.25) is 5.02 Å². The first-order valence-corrected chi connectivity index (χ1v) is 7.12. The Balaban J connectivity index is 2.19. The van der Waals surface area contributed by atoms with Crippen molar-refractivity contribution in [2.45, 2.75) is 20.0 Å². The zero-order valence-corrected chi connectivity index (χ0v) is 12.7. The van der Waals surface area contributed by atoms with Gasteiger partial charge in [0.05, 0.1) is 22.5 Å². The van der Waals surface area contributed by atoms with Crippen LogP contribution >= 0.6 is 22.9 Å². The third kappa shape index (κ3) is 3.74. The van der Waals surface area contributed by atoms with Gasteiger partial charge in [-0.3, -0.25) is 5.43 Å². The molecule has 112 valence electrons. The molecule has 0 radical (unpaired) electrons. The van der Waals surface area contributed by atoms with E-state index < -0.39 is 11.7 Å². The van der Waals surface area contributed by atoms with Crippen LogP contribution in [0.3, 0.4) is 0 Å². The molecule has 0 aliphatic carbocycles. The molecule has 0 fully saturated rings. The summed E-state index contributed by atoms with van der Waals surface area (Å²) < 4.78 is 38.2. The van der Waals surface area contributed by atoms with E-state index in [0.29, 0.717) is 10.7 Å². The highest BCUT2D eigenvalue weighted by Crippen LogP contribution is 2.35. The van der Waals surface area contributed by atoms with Crippen LogP contribution in [-0.4, -0.2) is 11.2 Å². The summed E-state index contributed by atoms with van der Waals surface area (Å²) in [6.45, 7) is 3.18. The monoisotopic (exact) mass is 333 g/mol. The van der Waals surface area contributed by atoms with Gasteiger partial charge in [0.1, 0.15) is 0 Å². The fourth-order valence-electron chi connectivity index (χ4n) is 1.68. The highest BCUT2D eigenvalue weighted by molar-refractivity contribution is 7.13. The van der Waals surface area contributed by atoms with E-state index in [0.717, 1.165) is 11.8 Å². The zero-order valence-electron chi connectivity index (χ0n) is 11.1. The number of anilines is 1. The summed E-state index contributed by atoms with van der Waals surface area (Å²) in [5, 5.41) is 6.41. The van der Waals surface area contributed by atoms with Gasteiger partial charge in [-0.2, -0.15) is 18.3 Å². The smallest absolute Gasteiger partial charge is 0.253 e. The summed E-state index contributed by atoms with van der Waals surface area (Å²) in [4.78, 5) is 4.14. The van der Waals surface area contributed by atoms with Gasteiger partial charge < -0.3 is 0 Å². The molecule has 0 aliphatic rings. The van der Waals surface area contributed by atoms with Gasteiger partial charge in [0.25, 0.3) is 0 Å². The highest BCUT2D eigenvalue weighted by Gasteiger charge is 2.33. The van der Waals surface area contributed by atoms with Gasteiger partial charge in [-0.25, -0.2) is 4.98 Å². The van der Waals surface area contributed by atoms with Gasteiger partial charge in [-0.1, -0.05) is 17.7 Å². The maximum absolute atomic E-state index is 12.7. The van der Waals surface area contributed by atoms with Crippen molar-refractivity contribution < 1.29 is 13.2 Å². The summed E-state index contributed by atoms with van der Waals surface area (Å²) in [7, 11) is 0. The number of aryl methyl sites for hydroxylation is 1. The Kier molecular flexibility index (Phi) is 4.53. The number of thiazole rings is 1. The summed E-state index contributed by atoms with van der Waals surface area (Å²) in [6, 6.07) is 2.28. The Morgan fingerprint density at radius 1 is 1.33 bits per heavy atom. The quantitative estimate of drug-likeness (QED) is 0.642. The lowest BCUT2D eigenvalue weighted by Gasteiger charge is -2.12. The summed E-state index contributed by atoms with van der Waals surface area (Å²) in [6.07, 6.45) is -3.05. The van der Waals surface area contributed by atoms with Gasteiger partial charge in [0, 0.05) is 10.9 Å². The molecule has 0 bridgehead atoms. The van der Waals surface area contributed by atoms with E-state index in [4.69, 9.17) is 11.6 Å². The third-order valence-corrected chi connectivity index (χ3v) is 4.07. The molecule has 2 aromatic rings. The van der Waals surface area contributed by atoms with Crippen LogP contribution in [0.5, 0.6) is 0 Å². The maximum atomic E-state index is 12.7. The Morgan fingerprint density at radius 3 is 2.62 bits per heavy atom. The topological polar surface area (TPSA) is 37.3 Å². The van der Waals surface area contributed by atoms with Gasteiger partial charge in [-0.05, 0) is 25.5 Å². The van der Waals surface area contributed by atoms with Gasteiger partial charge in [-0.15, -0.1) is 11.3 Å².